The van der Waals surface area contributed by atoms with Crippen molar-refractivity contribution in [1.82, 2.24) is 15.0 Å². The number of nitrogens with two attached hydrogens (primary N) is 1. The van der Waals surface area contributed by atoms with Gasteiger partial charge in [0.25, 0.3) is 0 Å². The molecule has 0 amide bonds. The summed E-state index contributed by atoms with van der Waals surface area (Å²) in [6.45, 7) is 5.56. The third-order valence-corrected chi connectivity index (χ3v) is 3.91. The Morgan fingerprint density at radius 2 is 2.07 bits per heavy atom. The molecule has 0 atom stereocenters. The van der Waals surface area contributed by atoms with Gasteiger partial charge in [-0.15, -0.1) is 0 Å². The number of rotatable bonds is 5. The van der Waals surface area contributed by atoms with Crippen LogP contribution in [0.3, 0.4) is 0 Å². The molecule has 0 spiro atoms. The van der Waals surface area contributed by atoms with Gasteiger partial charge in [0.15, 0.2) is 0 Å². The molecular weight excluding hydrogens is 340 g/mol. The number of benzene rings is 1. The number of fused-ring (bicyclic) bond motifs is 1. The number of esters is 1. The molecule has 27 heavy (non-hydrogen) atoms. The van der Waals surface area contributed by atoms with Gasteiger partial charge in [-0.1, -0.05) is 24.3 Å². The summed E-state index contributed by atoms with van der Waals surface area (Å²) in [5.74, 6) is 0.130. The smallest absolute Gasteiger partial charge is 0.306 e. The van der Waals surface area contributed by atoms with Crippen LogP contribution in [-0.4, -0.2) is 26.5 Å². The number of para-hydroxylation sites is 1. The first-order valence-electron chi connectivity index (χ1n) is 8.91. The van der Waals surface area contributed by atoms with Crippen LogP contribution in [0.2, 0.25) is 0 Å². The van der Waals surface area contributed by atoms with Crippen LogP contribution in [0.1, 0.15) is 39.3 Å². The number of H-pyrrole nitrogens is 1. The number of hydrogen-bond acceptors (Lipinski definition) is 5. The number of nitrogens with one attached hydrogen (secondary N) is 1. The zero-order chi connectivity index (χ0) is 19.4. The quantitative estimate of drug-likeness (QED) is 0.657. The molecular formula is C21H24N4O2. The molecule has 0 radical (unpaired) electrons. The van der Waals surface area contributed by atoms with Gasteiger partial charge >= 0.3 is 5.97 Å². The lowest BCUT2D eigenvalue weighted by molar-refractivity contribution is -0.154. The first-order valence-corrected chi connectivity index (χ1v) is 8.91. The molecule has 6 nitrogen and oxygen atoms in total. The van der Waals surface area contributed by atoms with Crippen molar-refractivity contribution < 1.29 is 9.53 Å². The maximum atomic E-state index is 11.8. The predicted molar refractivity (Wildman–Crippen MR) is 108 cm³/mol. The molecule has 0 aliphatic heterocycles. The van der Waals surface area contributed by atoms with E-state index in [9.17, 15) is 4.79 Å². The van der Waals surface area contributed by atoms with Crippen LogP contribution in [-0.2, 0) is 9.53 Å². The van der Waals surface area contributed by atoms with Gasteiger partial charge in [-0.25, -0.2) is 9.97 Å². The Morgan fingerprint density at radius 3 is 2.85 bits per heavy atom. The fourth-order valence-corrected chi connectivity index (χ4v) is 2.74. The van der Waals surface area contributed by atoms with E-state index in [1.54, 1.807) is 12.3 Å². The van der Waals surface area contributed by atoms with E-state index in [1.807, 2.05) is 57.3 Å². The molecule has 3 rings (SSSR count). The molecule has 6 heteroatoms. The lowest BCUT2D eigenvalue weighted by Crippen LogP contribution is -2.23. The van der Waals surface area contributed by atoms with Crippen LogP contribution in [0, 0.1) is 0 Å². The van der Waals surface area contributed by atoms with Crippen molar-refractivity contribution in [2.75, 3.05) is 5.73 Å². The standard InChI is InChI=1S/C21H24N4O2/c1-21(2,3)27-19(26)11-7-6-10-17-20(22)24-13-18(25-17)15-12-23-16-9-5-4-8-14(15)16/h4-6,8-10,12-13,23H,7,11H2,1-3H3,(H2,22,24)/b10-6+. The first kappa shape index (κ1) is 18.6. The molecule has 1 aromatic carbocycles. The van der Waals surface area contributed by atoms with Crippen LogP contribution < -0.4 is 5.73 Å². The summed E-state index contributed by atoms with van der Waals surface area (Å²) in [6, 6.07) is 8.02. The fraction of sp³-hybridized carbons (Fsp3) is 0.286. The summed E-state index contributed by atoms with van der Waals surface area (Å²) in [4.78, 5) is 23.9. The number of nitrogens with zero attached hydrogens (tertiary/aromatic N) is 2. The number of aromatic amines is 1. The van der Waals surface area contributed by atoms with Crippen molar-refractivity contribution >= 4 is 28.8 Å². The largest absolute Gasteiger partial charge is 0.460 e. The van der Waals surface area contributed by atoms with Crippen molar-refractivity contribution in [3.63, 3.8) is 0 Å². The molecule has 0 aliphatic rings. The van der Waals surface area contributed by atoms with E-state index in [4.69, 9.17) is 10.5 Å². The number of anilines is 1. The second-order valence-electron chi connectivity index (χ2n) is 7.30. The Labute approximate surface area is 158 Å². The Bertz CT molecular complexity index is 983. The minimum atomic E-state index is -0.468. The summed E-state index contributed by atoms with van der Waals surface area (Å²) in [7, 11) is 0. The van der Waals surface area contributed by atoms with Crippen molar-refractivity contribution in [3.8, 4) is 11.3 Å². The molecule has 0 unspecified atom stereocenters. The predicted octanol–water partition coefficient (Wildman–Crippen LogP) is 4.34. The molecule has 3 N–H and O–H groups in total. The molecule has 0 saturated heterocycles. The zero-order valence-electron chi connectivity index (χ0n) is 15.8. The van der Waals surface area contributed by atoms with Gasteiger partial charge in [-0.2, -0.15) is 0 Å². The minimum absolute atomic E-state index is 0.223. The van der Waals surface area contributed by atoms with E-state index in [2.05, 4.69) is 15.0 Å². The van der Waals surface area contributed by atoms with Gasteiger partial charge in [0.05, 0.1) is 11.9 Å². The SMILES string of the molecule is CC(C)(C)OC(=O)CC/C=C/c1nc(-c2c[nH]c3ccccc23)cnc1N. The maximum Gasteiger partial charge on any atom is 0.306 e. The Hall–Kier alpha value is -3.15. The number of aromatic nitrogens is 3. The first-order chi connectivity index (χ1) is 12.8. The van der Waals surface area contributed by atoms with Gasteiger partial charge < -0.3 is 15.5 Å². The number of hydrogen-bond donors (Lipinski definition) is 2. The number of carbonyl (C=O) groups is 1. The maximum absolute atomic E-state index is 11.8. The highest BCUT2D eigenvalue weighted by Gasteiger charge is 2.15. The Kier molecular flexibility index (Phi) is 5.26. The molecule has 140 valence electrons. The van der Waals surface area contributed by atoms with E-state index >= 15 is 0 Å². The summed E-state index contributed by atoms with van der Waals surface area (Å²) in [5, 5.41) is 1.08. The van der Waals surface area contributed by atoms with E-state index in [0.29, 0.717) is 24.4 Å². The van der Waals surface area contributed by atoms with E-state index in [0.717, 1.165) is 22.2 Å². The van der Waals surface area contributed by atoms with Gasteiger partial charge in [0, 0.05) is 29.1 Å². The molecule has 0 aliphatic carbocycles. The van der Waals surface area contributed by atoms with Crippen LogP contribution >= 0.6 is 0 Å². The molecule has 0 fully saturated rings. The van der Waals surface area contributed by atoms with Crippen LogP contribution in [0.5, 0.6) is 0 Å². The second kappa shape index (κ2) is 7.61. The van der Waals surface area contributed by atoms with Crippen molar-refractivity contribution in [2.24, 2.45) is 0 Å². The second-order valence-corrected chi connectivity index (χ2v) is 7.30. The molecule has 2 heterocycles. The zero-order valence-corrected chi connectivity index (χ0v) is 15.8. The Balaban J connectivity index is 1.73. The minimum Gasteiger partial charge on any atom is -0.460 e. The highest BCUT2D eigenvalue weighted by molar-refractivity contribution is 5.94. The van der Waals surface area contributed by atoms with Gasteiger partial charge in [-0.3, -0.25) is 4.79 Å². The lowest BCUT2D eigenvalue weighted by Gasteiger charge is -2.19. The van der Waals surface area contributed by atoms with Crippen molar-refractivity contribution in [2.45, 2.75) is 39.2 Å². The van der Waals surface area contributed by atoms with E-state index in [-0.39, 0.29) is 5.97 Å². The van der Waals surface area contributed by atoms with Crippen molar-refractivity contribution in [1.29, 1.82) is 0 Å². The van der Waals surface area contributed by atoms with E-state index < -0.39 is 5.60 Å². The topological polar surface area (TPSA) is 93.9 Å². The molecule has 2 aromatic heterocycles. The van der Waals surface area contributed by atoms with E-state index in [1.165, 1.54) is 0 Å². The molecule has 3 aromatic rings. The number of nitrogen functional groups attached to an aromatic ring is 1. The Morgan fingerprint density at radius 1 is 1.30 bits per heavy atom. The monoisotopic (exact) mass is 364 g/mol. The number of allylic oxidation sites excluding steroid dienone is 1. The third kappa shape index (κ3) is 4.73. The summed E-state index contributed by atoms with van der Waals surface area (Å²) in [6.07, 6.45) is 8.11. The summed E-state index contributed by atoms with van der Waals surface area (Å²) < 4.78 is 5.29. The highest BCUT2D eigenvalue weighted by Crippen LogP contribution is 2.27. The highest BCUT2D eigenvalue weighted by atomic mass is 16.6. The summed E-state index contributed by atoms with van der Waals surface area (Å²) >= 11 is 0. The molecule has 0 bridgehead atoms. The summed E-state index contributed by atoms with van der Waals surface area (Å²) in [5.41, 5.74) is 8.83. The van der Waals surface area contributed by atoms with Crippen LogP contribution in [0.25, 0.3) is 28.2 Å². The average Bonchev–Trinajstić information content (AvgIpc) is 3.03. The van der Waals surface area contributed by atoms with Crippen molar-refractivity contribution in [3.05, 3.63) is 48.4 Å². The normalized spacial score (nSPS) is 12.0. The van der Waals surface area contributed by atoms with Crippen LogP contribution in [0.4, 0.5) is 5.82 Å². The van der Waals surface area contributed by atoms with Gasteiger partial charge in [-0.05, 0) is 39.3 Å². The van der Waals surface area contributed by atoms with Gasteiger partial charge in [0.1, 0.15) is 17.1 Å². The number of carbonyl (C=O) groups excluding carboxylic acids is 1. The van der Waals surface area contributed by atoms with Gasteiger partial charge in [0.2, 0.25) is 0 Å². The van der Waals surface area contributed by atoms with Crippen LogP contribution in [0.15, 0.2) is 42.7 Å². The lowest BCUT2D eigenvalue weighted by atomic mass is 10.1. The fourth-order valence-electron chi connectivity index (χ4n) is 2.74. The average molecular weight is 364 g/mol. The third-order valence-electron chi connectivity index (χ3n) is 3.91. The molecule has 0 saturated carbocycles. The number of ether oxygens (including phenoxy) is 1.